The first-order valence-corrected chi connectivity index (χ1v) is 7.24. The van der Waals surface area contributed by atoms with E-state index >= 15 is 0 Å². The summed E-state index contributed by atoms with van der Waals surface area (Å²) in [7, 11) is 0. The van der Waals surface area contributed by atoms with Crippen LogP contribution in [-0.4, -0.2) is 4.98 Å². The van der Waals surface area contributed by atoms with Crippen molar-refractivity contribution in [2.75, 3.05) is 0 Å². The molecule has 3 rings (SSSR count). The number of benzene rings is 2. The number of halogens is 1. The Hall–Kier alpha value is -1.87. The van der Waals surface area contributed by atoms with Gasteiger partial charge in [0, 0.05) is 11.6 Å². The fourth-order valence-corrected chi connectivity index (χ4v) is 2.71. The molecule has 1 heterocycles. The number of hydrogen-bond acceptors (Lipinski definition) is 2. The summed E-state index contributed by atoms with van der Waals surface area (Å²) in [5.74, 6) is 0.863. The lowest BCUT2D eigenvalue weighted by molar-refractivity contribution is 0.304. The topological polar surface area (TPSA) is 22.1 Å². The third kappa shape index (κ3) is 2.83. The lowest BCUT2D eigenvalue weighted by Gasteiger charge is -2.09. The molecule has 0 saturated heterocycles. The zero-order chi connectivity index (χ0) is 13.9. The van der Waals surface area contributed by atoms with Crippen LogP contribution in [0.2, 0.25) is 0 Å². The zero-order valence-corrected chi connectivity index (χ0v) is 12.7. The fraction of sp³-hybridized carbons (Fsp3) is 0.118. The molecule has 0 amide bonds. The molecule has 100 valence electrons. The molecule has 0 spiro atoms. The molecule has 0 saturated carbocycles. The van der Waals surface area contributed by atoms with E-state index < -0.39 is 0 Å². The third-order valence-electron chi connectivity index (χ3n) is 3.15. The predicted molar refractivity (Wildman–Crippen MR) is 85.0 cm³/mol. The number of pyridine rings is 1. The SMILES string of the molecule is Cc1ccc(OCc2ccc3ncccc3c2)c(Br)c1. The first-order chi connectivity index (χ1) is 9.72. The number of aryl methyl sites for hydroxylation is 1. The summed E-state index contributed by atoms with van der Waals surface area (Å²) < 4.78 is 6.85. The molecular weight excluding hydrogens is 314 g/mol. The van der Waals surface area contributed by atoms with Gasteiger partial charge in [-0.25, -0.2) is 0 Å². The monoisotopic (exact) mass is 327 g/mol. The minimum absolute atomic E-state index is 0.548. The van der Waals surface area contributed by atoms with E-state index in [2.05, 4.69) is 52.1 Å². The van der Waals surface area contributed by atoms with Crippen LogP contribution < -0.4 is 4.74 Å². The van der Waals surface area contributed by atoms with Crippen molar-refractivity contribution in [3.05, 3.63) is 70.3 Å². The van der Waals surface area contributed by atoms with Gasteiger partial charge >= 0.3 is 0 Å². The van der Waals surface area contributed by atoms with E-state index in [1.807, 2.05) is 30.5 Å². The van der Waals surface area contributed by atoms with Gasteiger partial charge in [-0.3, -0.25) is 4.98 Å². The second kappa shape index (κ2) is 5.63. The molecule has 0 fully saturated rings. The van der Waals surface area contributed by atoms with Crippen molar-refractivity contribution in [2.45, 2.75) is 13.5 Å². The maximum atomic E-state index is 5.86. The van der Waals surface area contributed by atoms with E-state index in [4.69, 9.17) is 4.74 Å². The Morgan fingerprint density at radius 2 is 2.00 bits per heavy atom. The van der Waals surface area contributed by atoms with Gasteiger partial charge in [0.05, 0.1) is 9.99 Å². The molecule has 2 nitrogen and oxygen atoms in total. The van der Waals surface area contributed by atoms with E-state index in [1.165, 1.54) is 5.56 Å². The highest BCUT2D eigenvalue weighted by Gasteiger charge is 2.02. The number of fused-ring (bicyclic) bond motifs is 1. The summed E-state index contributed by atoms with van der Waals surface area (Å²) in [5, 5.41) is 1.14. The summed E-state index contributed by atoms with van der Waals surface area (Å²) in [6.45, 7) is 2.61. The van der Waals surface area contributed by atoms with E-state index in [9.17, 15) is 0 Å². The van der Waals surface area contributed by atoms with Crippen molar-refractivity contribution in [3.63, 3.8) is 0 Å². The first kappa shape index (κ1) is 13.1. The van der Waals surface area contributed by atoms with Crippen LogP contribution in [0.5, 0.6) is 5.75 Å². The molecule has 0 aliphatic rings. The molecular formula is C17H14BrNO. The predicted octanol–water partition coefficient (Wildman–Crippen LogP) is 4.88. The number of rotatable bonds is 3. The number of hydrogen-bond donors (Lipinski definition) is 0. The Labute approximate surface area is 126 Å². The molecule has 3 heteroatoms. The molecule has 0 aliphatic heterocycles. The third-order valence-corrected chi connectivity index (χ3v) is 3.77. The lowest BCUT2D eigenvalue weighted by Crippen LogP contribution is -1.96. The molecule has 0 aliphatic carbocycles. The lowest BCUT2D eigenvalue weighted by atomic mass is 10.1. The Morgan fingerprint density at radius 3 is 2.85 bits per heavy atom. The highest BCUT2D eigenvalue weighted by molar-refractivity contribution is 9.10. The minimum atomic E-state index is 0.548. The van der Waals surface area contributed by atoms with E-state index in [0.29, 0.717) is 6.61 Å². The molecule has 0 atom stereocenters. The maximum absolute atomic E-state index is 5.86. The van der Waals surface area contributed by atoms with Gasteiger partial charge in [0.25, 0.3) is 0 Å². The second-order valence-corrected chi connectivity index (χ2v) is 5.61. The largest absolute Gasteiger partial charge is 0.488 e. The zero-order valence-electron chi connectivity index (χ0n) is 11.1. The normalized spacial score (nSPS) is 10.7. The van der Waals surface area contributed by atoms with Crippen LogP contribution in [0.3, 0.4) is 0 Å². The van der Waals surface area contributed by atoms with Crippen LogP contribution in [0.1, 0.15) is 11.1 Å². The quantitative estimate of drug-likeness (QED) is 0.683. The highest BCUT2D eigenvalue weighted by atomic mass is 79.9. The van der Waals surface area contributed by atoms with Crippen LogP contribution >= 0.6 is 15.9 Å². The van der Waals surface area contributed by atoms with E-state index in [-0.39, 0.29) is 0 Å². The van der Waals surface area contributed by atoms with Crippen molar-refractivity contribution >= 4 is 26.8 Å². The summed E-state index contributed by atoms with van der Waals surface area (Å²) in [4.78, 5) is 4.32. The van der Waals surface area contributed by atoms with E-state index in [0.717, 1.165) is 26.7 Å². The molecule has 2 aromatic carbocycles. The van der Waals surface area contributed by atoms with Gasteiger partial charge in [-0.15, -0.1) is 0 Å². The molecule has 1 aromatic heterocycles. The molecule has 0 radical (unpaired) electrons. The minimum Gasteiger partial charge on any atom is -0.488 e. The smallest absolute Gasteiger partial charge is 0.134 e. The van der Waals surface area contributed by atoms with Gasteiger partial charge in [0.2, 0.25) is 0 Å². The standard InChI is InChI=1S/C17H14BrNO/c1-12-4-7-17(15(18)9-12)20-11-13-5-6-16-14(10-13)3-2-8-19-16/h2-10H,11H2,1H3. The Kier molecular flexibility index (Phi) is 3.70. The second-order valence-electron chi connectivity index (χ2n) is 4.75. The number of ether oxygens (including phenoxy) is 1. The van der Waals surface area contributed by atoms with Crippen LogP contribution in [0.25, 0.3) is 10.9 Å². The van der Waals surface area contributed by atoms with Gasteiger partial charge in [-0.2, -0.15) is 0 Å². The van der Waals surface area contributed by atoms with E-state index in [1.54, 1.807) is 0 Å². The summed E-state index contributed by atoms with van der Waals surface area (Å²) in [6.07, 6.45) is 1.81. The average molecular weight is 328 g/mol. The summed E-state index contributed by atoms with van der Waals surface area (Å²) in [5.41, 5.74) is 3.35. The fourth-order valence-electron chi connectivity index (χ4n) is 2.10. The molecule has 3 aromatic rings. The average Bonchev–Trinajstić information content (AvgIpc) is 2.46. The van der Waals surface area contributed by atoms with Crippen molar-refractivity contribution in [1.29, 1.82) is 0 Å². The number of nitrogens with zero attached hydrogens (tertiary/aromatic N) is 1. The Morgan fingerprint density at radius 1 is 1.10 bits per heavy atom. The summed E-state index contributed by atoms with van der Waals surface area (Å²) >= 11 is 3.53. The number of aromatic nitrogens is 1. The van der Waals surface area contributed by atoms with Crippen LogP contribution in [-0.2, 0) is 6.61 Å². The highest BCUT2D eigenvalue weighted by Crippen LogP contribution is 2.26. The molecule has 0 bridgehead atoms. The van der Waals surface area contributed by atoms with Crippen molar-refractivity contribution in [1.82, 2.24) is 4.98 Å². The molecule has 0 N–H and O–H groups in total. The van der Waals surface area contributed by atoms with Crippen molar-refractivity contribution in [2.24, 2.45) is 0 Å². The van der Waals surface area contributed by atoms with Gasteiger partial charge in [-0.1, -0.05) is 18.2 Å². The van der Waals surface area contributed by atoms with Crippen LogP contribution in [0.4, 0.5) is 0 Å². The molecule has 0 unspecified atom stereocenters. The van der Waals surface area contributed by atoms with Crippen LogP contribution in [0.15, 0.2) is 59.2 Å². The van der Waals surface area contributed by atoms with Crippen molar-refractivity contribution in [3.8, 4) is 5.75 Å². The Balaban J connectivity index is 1.79. The Bertz CT molecular complexity index is 755. The summed E-state index contributed by atoms with van der Waals surface area (Å²) in [6, 6.07) is 16.3. The molecule has 20 heavy (non-hydrogen) atoms. The van der Waals surface area contributed by atoms with Crippen LogP contribution in [0, 0.1) is 6.92 Å². The van der Waals surface area contributed by atoms with Crippen molar-refractivity contribution < 1.29 is 4.74 Å². The van der Waals surface area contributed by atoms with Gasteiger partial charge < -0.3 is 4.74 Å². The van der Waals surface area contributed by atoms with Gasteiger partial charge in [0.1, 0.15) is 12.4 Å². The van der Waals surface area contributed by atoms with Gasteiger partial charge in [-0.05, 0) is 64.3 Å². The first-order valence-electron chi connectivity index (χ1n) is 6.45. The van der Waals surface area contributed by atoms with Gasteiger partial charge in [0.15, 0.2) is 0 Å². The maximum Gasteiger partial charge on any atom is 0.134 e.